The zero-order valence-electron chi connectivity index (χ0n) is 16.4. The molecule has 6 nitrogen and oxygen atoms in total. The number of rotatable bonds is 7. The number of hydrogen-bond donors (Lipinski definition) is 1. The number of nitrogens with one attached hydrogen (secondary N) is 1. The maximum atomic E-state index is 12.7. The SMILES string of the molecule is COc1ccc(CCN(Cc2nc3ccccc3c(=O)[nH]2)C(=O)C(C)C)cc1. The molecule has 0 radical (unpaired) electrons. The lowest BCUT2D eigenvalue weighted by Crippen LogP contribution is -2.36. The molecule has 0 bridgehead atoms. The van der Waals surface area contributed by atoms with E-state index in [1.165, 1.54) is 0 Å². The molecule has 146 valence electrons. The highest BCUT2D eigenvalue weighted by Crippen LogP contribution is 2.14. The molecule has 3 aromatic rings. The van der Waals surface area contributed by atoms with E-state index in [1.807, 2.05) is 50.2 Å². The van der Waals surface area contributed by atoms with Gasteiger partial charge in [0, 0.05) is 12.5 Å². The van der Waals surface area contributed by atoms with Crippen LogP contribution in [0.3, 0.4) is 0 Å². The Balaban J connectivity index is 1.80. The van der Waals surface area contributed by atoms with Crippen molar-refractivity contribution < 1.29 is 9.53 Å². The standard InChI is InChI=1S/C22H25N3O3/c1-15(2)22(27)25(13-12-16-8-10-17(28-3)11-9-16)14-20-23-19-7-5-4-6-18(19)21(26)24-20/h4-11,15H,12-14H2,1-3H3,(H,23,24,26). The van der Waals surface area contributed by atoms with Gasteiger partial charge in [0.15, 0.2) is 0 Å². The second kappa shape index (κ2) is 8.69. The molecular formula is C22H25N3O3. The van der Waals surface area contributed by atoms with E-state index in [9.17, 15) is 9.59 Å². The van der Waals surface area contributed by atoms with E-state index in [-0.39, 0.29) is 23.9 Å². The van der Waals surface area contributed by atoms with Crippen molar-refractivity contribution in [2.45, 2.75) is 26.8 Å². The van der Waals surface area contributed by atoms with Gasteiger partial charge in [-0.3, -0.25) is 9.59 Å². The van der Waals surface area contributed by atoms with E-state index >= 15 is 0 Å². The van der Waals surface area contributed by atoms with Gasteiger partial charge in [-0.25, -0.2) is 4.98 Å². The van der Waals surface area contributed by atoms with Crippen molar-refractivity contribution in [3.05, 3.63) is 70.3 Å². The molecule has 1 N–H and O–H groups in total. The lowest BCUT2D eigenvalue weighted by atomic mass is 10.1. The third-order valence-corrected chi connectivity index (χ3v) is 4.64. The van der Waals surface area contributed by atoms with E-state index in [0.717, 1.165) is 11.3 Å². The third-order valence-electron chi connectivity index (χ3n) is 4.64. The van der Waals surface area contributed by atoms with Crippen LogP contribution in [0.2, 0.25) is 0 Å². The molecule has 0 saturated carbocycles. The van der Waals surface area contributed by atoms with Gasteiger partial charge in [-0.15, -0.1) is 0 Å². The van der Waals surface area contributed by atoms with Gasteiger partial charge in [-0.05, 0) is 36.2 Å². The topological polar surface area (TPSA) is 75.3 Å². The van der Waals surface area contributed by atoms with Crippen LogP contribution in [-0.4, -0.2) is 34.4 Å². The molecule has 1 aromatic heterocycles. The number of amides is 1. The zero-order valence-corrected chi connectivity index (χ0v) is 16.4. The molecule has 0 aliphatic carbocycles. The van der Waals surface area contributed by atoms with Crippen molar-refractivity contribution in [3.8, 4) is 5.75 Å². The van der Waals surface area contributed by atoms with E-state index in [1.54, 1.807) is 24.1 Å². The number of hydrogen-bond acceptors (Lipinski definition) is 4. The first-order valence-corrected chi connectivity index (χ1v) is 9.37. The molecule has 3 rings (SSSR count). The fourth-order valence-electron chi connectivity index (χ4n) is 3.08. The molecule has 0 fully saturated rings. The Morgan fingerprint density at radius 3 is 2.54 bits per heavy atom. The predicted octanol–water partition coefficient (Wildman–Crippen LogP) is 3.16. The Bertz CT molecular complexity index is 1010. The lowest BCUT2D eigenvalue weighted by molar-refractivity contribution is -0.135. The van der Waals surface area contributed by atoms with Crippen LogP contribution < -0.4 is 10.3 Å². The Kier molecular flexibility index (Phi) is 6.09. The summed E-state index contributed by atoms with van der Waals surface area (Å²) >= 11 is 0. The summed E-state index contributed by atoms with van der Waals surface area (Å²) in [6.45, 7) is 4.56. The van der Waals surface area contributed by atoms with E-state index < -0.39 is 0 Å². The van der Waals surface area contributed by atoms with E-state index in [4.69, 9.17) is 4.74 Å². The zero-order chi connectivity index (χ0) is 20.1. The Morgan fingerprint density at radius 1 is 1.14 bits per heavy atom. The maximum Gasteiger partial charge on any atom is 0.258 e. The summed E-state index contributed by atoms with van der Waals surface area (Å²) in [6.07, 6.45) is 0.709. The molecule has 2 aromatic carbocycles. The first-order valence-electron chi connectivity index (χ1n) is 9.37. The maximum absolute atomic E-state index is 12.7. The monoisotopic (exact) mass is 379 g/mol. The molecule has 28 heavy (non-hydrogen) atoms. The predicted molar refractivity (Wildman–Crippen MR) is 109 cm³/mol. The molecule has 0 atom stereocenters. The van der Waals surface area contributed by atoms with E-state index in [2.05, 4.69) is 9.97 Å². The van der Waals surface area contributed by atoms with Gasteiger partial charge in [-0.2, -0.15) is 0 Å². The normalized spacial score (nSPS) is 11.0. The van der Waals surface area contributed by atoms with Crippen molar-refractivity contribution in [2.24, 2.45) is 5.92 Å². The highest BCUT2D eigenvalue weighted by Gasteiger charge is 2.19. The minimum atomic E-state index is -0.187. The minimum Gasteiger partial charge on any atom is -0.497 e. The summed E-state index contributed by atoms with van der Waals surface area (Å²) in [4.78, 5) is 34.1. The molecule has 1 amide bonds. The van der Waals surface area contributed by atoms with Gasteiger partial charge >= 0.3 is 0 Å². The number of fused-ring (bicyclic) bond motifs is 1. The molecule has 0 spiro atoms. The molecule has 6 heteroatoms. The Labute approximate surface area is 164 Å². The van der Waals surface area contributed by atoms with Crippen LogP contribution in [0.25, 0.3) is 10.9 Å². The molecular weight excluding hydrogens is 354 g/mol. The number of ether oxygens (including phenoxy) is 1. The summed E-state index contributed by atoms with van der Waals surface area (Å²) in [7, 11) is 1.63. The average molecular weight is 379 g/mol. The van der Waals surface area contributed by atoms with Crippen molar-refractivity contribution in [1.29, 1.82) is 0 Å². The number of methoxy groups -OCH3 is 1. The summed E-state index contributed by atoms with van der Waals surface area (Å²) < 4.78 is 5.18. The van der Waals surface area contributed by atoms with Crippen LogP contribution in [0.5, 0.6) is 5.75 Å². The quantitative estimate of drug-likeness (QED) is 0.684. The number of nitrogens with zero attached hydrogens (tertiary/aromatic N) is 2. The summed E-state index contributed by atoms with van der Waals surface area (Å²) in [6, 6.07) is 15.0. The highest BCUT2D eigenvalue weighted by molar-refractivity contribution is 5.79. The Morgan fingerprint density at radius 2 is 1.86 bits per heavy atom. The largest absolute Gasteiger partial charge is 0.497 e. The number of benzene rings is 2. The van der Waals surface area contributed by atoms with Gasteiger partial charge in [0.1, 0.15) is 11.6 Å². The van der Waals surface area contributed by atoms with Crippen LogP contribution in [0.15, 0.2) is 53.3 Å². The van der Waals surface area contributed by atoms with Crippen LogP contribution in [-0.2, 0) is 17.8 Å². The van der Waals surface area contributed by atoms with E-state index in [0.29, 0.717) is 29.7 Å². The van der Waals surface area contributed by atoms with Gasteiger partial charge in [0.25, 0.3) is 5.56 Å². The highest BCUT2D eigenvalue weighted by atomic mass is 16.5. The Hall–Kier alpha value is -3.15. The summed E-state index contributed by atoms with van der Waals surface area (Å²) in [5, 5.41) is 0.547. The summed E-state index contributed by atoms with van der Waals surface area (Å²) in [5.74, 6) is 1.19. The first-order chi connectivity index (χ1) is 13.5. The number of carbonyl (C=O) groups excluding carboxylic acids is 1. The van der Waals surface area contributed by atoms with Crippen LogP contribution in [0, 0.1) is 5.92 Å². The van der Waals surface area contributed by atoms with Gasteiger partial charge in [0.05, 0.1) is 24.6 Å². The van der Waals surface area contributed by atoms with Gasteiger partial charge < -0.3 is 14.6 Å². The minimum absolute atomic E-state index is 0.0318. The summed E-state index contributed by atoms with van der Waals surface area (Å²) in [5.41, 5.74) is 1.56. The second-order valence-corrected chi connectivity index (χ2v) is 7.04. The molecule has 0 unspecified atom stereocenters. The van der Waals surface area contributed by atoms with Crippen molar-refractivity contribution >= 4 is 16.8 Å². The fraction of sp³-hybridized carbons (Fsp3) is 0.318. The molecule has 0 aliphatic heterocycles. The second-order valence-electron chi connectivity index (χ2n) is 7.04. The smallest absolute Gasteiger partial charge is 0.258 e. The number of carbonyl (C=O) groups is 1. The average Bonchev–Trinajstić information content (AvgIpc) is 2.71. The van der Waals surface area contributed by atoms with Crippen molar-refractivity contribution in [2.75, 3.05) is 13.7 Å². The molecule has 0 saturated heterocycles. The number of aromatic nitrogens is 2. The van der Waals surface area contributed by atoms with Gasteiger partial charge in [0.2, 0.25) is 5.91 Å². The van der Waals surface area contributed by atoms with Crippen LogP contribution in [0.4, 0.5) is 0 Å². The number of H-pyrrole nitrogens is 1. The van der Waals surface area contributed by atoms with Crippen molar-refractivity contribution in [1.82, 2.24) is 14.9 Å². The number of aromatic amines is 1. The van der Waals surface area contributed by atoms with Crippen LogP contribution in [0.1, 0.15) is 25.2 Å². The lowest BCUT2D eigenvalue weighted by Gasteiger charge is -2.24. The van der Waals surface area contributed by atoms with Crippen molar-refractivity contribution in [3.63, 3.8) is 0 Å². The number of para-hydroxylation sites is 1. The third kappa shape index (κ3) is 4.57. The van der Waals surface area contributed by atoms with Crippen LogP contribution >= 0.6 is 0 Å². The van der Waals surface area contributed by atoms with Gasteiger partial charge in [-0.1, -0.05) is 38.1 Å². The molecule has 0 aliphatic rings. The molecule has 1 heterocycles. The fourth-order valence-corrected chi connectivity index (χ4v) is 3.08. The first kappa shape index (κ1) is 19.6.